The van der Waals surface area contributed by atoms with Crippen LogP contribution in [0.15, 0.2) is 53.0 Å². The van der Waals surface area contributed by atoms with Crippen LogP contribution in [0.1, 0.15) is 31.0 Å². The minimum Gasteiger partial charge on any atom is -0.356 e. The molecule has 0 fully saturated rings. The van der Waals surface area contributed by atoms with E-state index in [4.69, 9.17) is 12.2 Å². The largest absolute Gasteiger partial charge is 0.356 e. The maximum absolute atomic E-state index is 5.38. The first-order valence-electron chi connectivity index (χ1n) is 7.01. The van der Waals surface area contributed by atoms with Crippen molar-refractivity contribution >= 4 is 38.9 Å². The maximum atomic E-state index is 5.38. The summed E-state index contributed by atoms with van der Waals surface area (Å²) in [6, 6.07) is 16.6. The molecule has 0 heterocycles. The number of hydrogen-bond donors (Lipinski definition) is 2. The Hall–Kier alpha value is -1.39. The van der Waals surface area contributed by atoms with Gasteiger partial charge in [0.05, 0.1) is 6.04 Å². The quantitative estimate of drug-likeness (QED) is 0.743. The number of rotatable bonds is 4. The zero-order chi connectivity index (χ0) is 15.2. The van der Waals surface area contributed by atoms with Crippen molar-refractivity contribution in [1.82, 2.24) is 5.32 Å². The molecule has 110 valence electrons. The van der Waals surface area contributed by atoms with Crippen LogP contribution in [0, 0.1) is 0 Å². The average molecular weight is 363 g/mol. The average Bonchev–Trinajstić information content (AvgIpc) is 2.48. The fourth-order valence-electron chi connectivity index (χ4n) is 2.09. The molecule has 2 rings (SSSR count). The van der Waals surface area contributed by atoms with Gasteiger partial charge in [0, 0.05) is 10.2 Å². The molecule has 0 amide bonds. The van der Waals surface area contributed by atoms with E-state index in [1.54, 1.807) is 0 Å². The molecular formula is C17H19BrN2S. The standard InChI is InChI=1S/C17H19BrN2S/c1-3-13-8-10-14(11-9-13)20-17(21)19-12(2)15-6-4-5-7-16(15)18/h4-12H,3H2,1-2H3,(H2,19,20,21)/t12-/m0/s1. The Balaban J connectivity index is 1.96. The molecule has 0 aromatic heterocycles. The number of halogens is 1. The SMILES string of the molecule is CCc1ccc(NC(=S)N[C@@H](C)c2ccccc2Br)cc1. The molecule has 0 bridgehead atoms. The molecule has 0 saturated heterocycles. The van der Waals surface area contributed by atoms with Gasteiger partial charge < -0.3 is 10.6 Å². The molecule has 0 aliphatic rings. The third kappa shape index (κ3) is 4.55. The second-order valence-electron chi connectivity index (χ2n) is 4.89. The van der Waals surface area contributed by atoms with E-state index in [2.05, 4.69) is 70.7 Å². The number of benzene rings is 2. The van der Waals surface area contributed by atoms with Gasteiger partial charge in [-0.15, -0.1) is 0 Å². The van der Waals surface area contributed by atoms with Gasteiger partial charge in [-0.3, -0.25) is 0 Å². The molecule has 0 spiro atoms. The van der Waals surface area contributed by atoms with Crippen molar-refractivity contribution in [2.24, 2.45) is 0 Å². The Morgan fingerprint density at radius 1 is 1.14 bits per heavy atom. The van der Waals surface area contributed by atoms with Crippen molar-refractivity contribution in [3.05, 3.63) is 64.1 Å². The summed E-state index contributed by atoms with van der Waals surface area (Å²) in [7, 11) is 0. The van der Waals surface area contributed by atoms with Crippen LogP contribution in [0.5, 0.6) is 0 Å². The van der Waals surface area contributed by atoms with Crippen LogP contribution in [0.25, 0.3) is 0 Å². The molecule has 0 aliphatic heterocycles. The first-order valence-corrected chi connectivity index (χ1v) is 8.21. The summed E-state index contributed by atoms with van der Waals surface area (Å²) in [5.41, 5.74) is 3.51. The molecule has 0 unspecified atom stereocenters. The van der Waals surface area contributed by atoms with Crippen LogP contribution < -0.4 is 10.6 Å². The summed E-state index contributed by atoms with van der Waals surface area (Å²) in [4.78, 5) is 0. The van der Waals surface area contributed by atoms with E-state index in [1.807, 2.05) is 18.2 Å². The van der Waals surface area contributed by atoms with E-state index in [-0.39, 0.29) is 6.04 Å². The van der Waals surface area contributed by atoms with Gasteiger partial charge in [-0.05, 0) is 54.9 Å². The predicted molar refractivity (Wildman–Crippen MR) is 97.7 cm³/mol. The van der Waals surface area contributed by atoms with E-state index in [0.717, 1.165) is 16.6 Å². The maximum Gasteiger partial charge on any atom is 0.171 e. The van der Waals surface area contributed by atoms with Crippen LogP contribution in [0.3, 0.4) is 0 Å². The van der Waals surface area contributed by atoms with Crippen LogP contribution in [0.4, 0.5) is 5.69 Å². The molecular weight excluding hydrogens is 344 g/mol. The predicted octanol–water partition coefficient (Wildman–Crippen LogP) is 5.06. The number of anilines is 1. The molecule has 0 saturated carbocycles. The van der Waals surface area contributed by atoms with Gasteiger partial charge in [0.15, 0.2) is 5.11 Å². The Kier molecular flexibility index (Phi) is 5.76. The first-order chi connectivity index (χ1) is 10.1. The lowest BCUT2D eigenvalue weighted by Crippen LogP contribution is -2.31. The highest BCUT2D eigenvalue weighted by molar-refractivity contribution is 9.10. The van der Waals surface area contributed by atoms with E-state index in [0.29, 0.717) is 5.11 Å². The highest BCUT2D eigenvalue weighted by Gasteiger charge is 2.09. The third-order valence-corrected chi connectivity index (χ3v) is 4.28. The minimum absolute atomic E-state index is 0.135. The smallest absolute Gasteiger partial charge is 0.171 e. The lowest BCUT2D eigenvalue weighted by molar-refractivity contribution is 0.719. The summed E-state index contributed by atoms with van der Waals surface area (Å²) in [6.45, 7) is 4.24. The summed E-state index contributed by atoms with van der Waals surface area (Å²) in [5.74, 6) is 0. The fraction of sp³-hybridized carbons (Fsp3) is 0.235. The van der Waals surface area contributed by atoms with Crippen molar-refractivity contribution in [3.8, 4) is 0 Å². The van der Waals surface area contributed by atoms with Gasteiger partial charge in [0.1, 0.15) is 0 Å². The van der Waals surface area contributed by atoms with Crippen molar-refractivity contribution in [2.45, 2.75) is 26.3 Å². The van der Waals surface area contributed by atoms with Crippen LogP contribution in [-0.2, 0) is 6.42 Å². The molecule has 0 radical (unpaired) electrons. The Bertz CT molecular complexity index is 610. The zero-order valence-electron chi connectivity index (χ0n) is 12.2. The molecule has 1 atom stereocenters. The Morgan fingerprint density at radius 2 is 1.81 bits per heavy atom. The molecule has 2 nitrogen and oxygen atoms in total. The van der Waals surface area contributed by atoms with Gasteiger partial charge >= 0.3 is 0 Å². The summed E-state index contributed by atoms with van der Waals surface area (Å²) in [5, 5.41) is 7.15. The van der Waals surface area contributed by atoms with Gasteiger partial charge in [-0.2, -0.15) is 0 Å². The first kappa shape index (κ1) is 16.0. The van der Waals surface area contributed by atoms with Crippen LogP contribution in [0.2, 0.25) is 0 Å². The van der Waals surface area contributed by atoms with Crippen molar-refractivity contribution in [1.29, 1.82) is 0 Å². The Labute approximate surface area is 140 Å². The van der Waals surface area contributed by atoms with E-state index in [1.165, 1.54) is 11.1 Å². The highest BCUT2D eigenvalue weighted by atomic mass is 79.9. The number of hydrogen-bond acceptors (Lipinski definition) is 1. The van der Waals surface area contributed by atoms with Gasteiger partial charge in [-0.25, -0.2) is 0 Å². The molecule has 4 heteroatoms. The van der Waals surface area contributed by atoms with Gasteiger partial charge in [0.25, 0.3) is 0 Å². The van der Waals surface area contributed by atoms with Crippen molar-refractivity contribution in [3.63, 3.8) is 0 Å². The molecule has 21 heavy (non-hydrogen) atoms. The van der Waals surface area contributed by atoms with Gasteiger partial charge in [0.2, 0.25) is 0 Å². The third-order valence-electron chi connectivity index (χ3n) is 3.34. The number of nitrogens with one attached hydrogen (secondary N) is 2. The van der Waals surface area contributed by atoms with Crippen LogP contribution >= 0.6 is 28.1 Å². The summed E-state index contributed by atoms with van der Waals surface area (Å²) < 4.78 is 1.08. The lowest BCUT2D eigenvalue weighted by atomic mass is 10.1. The molecule has 2 N–H and O–H groups in total. The van der Waals surface area contributed by atoms with E-state index < -0.39 is 0 Å². The fourth-order valence-corrected chi connectivity index (χ4v) is 3.01. The van der Waals surface area contributed by atoms with E-state index in [9.17, 15) is 0 Å². The summed E-state index contributed by atoms with van der Waals surface area (Å²) in [6.07, 6.45) is 1.04. The molecule has 2 aromatic rings. The second-order valence-corrected chi connectivity index (χ2v) is 6.15. The van der Waals surface area contributed by atoms with E-state index >= 15 is 0 Å². The molecule has 2 aromatic carbocycles. The normalized spacial score (nSPS) is 11.8. The molecule has 0 aliphatic carbocycles. The van der Waals surface area contributed by atoms with Crippen molar-refractivity contribution in [2.75, 3.05) is 5.32 Å². The monoisotopic (exact) mass is 362 g/mol. The lowest BCUT2D eigenvalue weighted by Gasteiger charge is -2.18. The van der Waals surface area contributed by atoms with Crippen molar-refractivity contribution < 1.29 is 0 Å². The number of thiocarbonyl (C=S) groups is 1. The van der Waals surface area contributed by atoms with Crippen LogP contribution in [-0.4, -0.2) is 5.11 Å². The zero-order valence-corrected chi connectivity index (χ0v) is 14.6. The minimum atomic E-state index is 0.135. The highest BCUT2D eigenvalue weighted by Crippen LogP contribution is 2.22. The summed E-state index contributed by atoms with van der Waals surface area (Å²) >= 11 is 8.95. The number of aryl methyl sites for hydroxylation is 1. The second kappa shape index (κ2) is 7.57. The topological polar surface area (TPSA) is 24.1 Å². The van der Waals surface area contributed by atoms with Gasteiger partial charge in [-0.1, -0.05) is 53.2 Å². The Morgan fingerprint density at radius 3 is 2.43 bits per heavy atom.